The number of hydrogen-bond acceptors (Lipinski definition) is 11. The molecule has 3 amide bonds. The Morgan fingerprint density at radius 3 is 1.89 bits per heavy atom. The van der Waals surface area contributed by atoms with E-state index in [1.807, 2.05) is 20.1 Å². The lowest BCUT2D eigenvalue weighted by molar-refractivity contribution is -0.000287. The number of anilines is 1. The lowest BCUT2D eigenvalue weighted by Gasteiger charge is -2.29. The van der Waals surface area contributed by atoms with E-state index >= 15 is 0 Å². The molecular weight excluding hydrogens is 646 g/mol. The molecule has 0 fully saturated rings. The van der Waals surface area contributed by atoms with Gasteiger partial charge in [-0.25, -0.2) is 38.6 Å². The van der Waals surface area contributed by atoms with E-state index in [9.17, 15) is 18.8 Å². The van der Waals surface area contributed by atoms with Gasteiger partial charge in [0, 0.05) is 17.8 Å². The average Bonchev–Trinajstić information content (AvgIpc) is 3.37. The van der Waals surface area contributed by atoms with Gasteiger partial charge in [-0.05, 0) is 112 Å². The smallest absolute Gasteiger partial charge is 0.420 e. The van der Waals surface area contributed by atoms with Crippen molar-refractivity contribution in [3.63, 3.8) is 0 Å². The fourth-order valence-corrected chi connectivity index (χ4v) is 5.43. The van der Waals surface area contributed by atoms with E-state index in [1.165, 1.54) is 46.2 Å². The number of benzene rings is 1. The van der Waals surface area contributed by atoms with Gasteiger partial charge in [0.05, 0.1) is 22.8 Å². The molecule has 2 aromatic heterocycles. The number of ether oxygens (including phenoxy) is 3. The number of rotatable bonds is 7. The van der Waals surface area contributed by atoms with Crippen LogP contribution >= 0.6 is 23.1 Å². The van der Waals surface area contributed by atoms with Crippen LogP contribution in [0.4, 0.5) is 23.9 Å². The normalized spacial score (nSPS) is 12.1. The second kappa shape index (κ2) is 14.5. The molecule has 0 aliphatic carbocycles. The molecule has 2 heterocycles. The first kappa shape index (κ1) is 37.7. The Morgan fingerprint density at radius 2 is 1.38 bits per heavy atom. The predicted octanol–water partition coefficient (Wildman–Crippen LogP) is 8.95. The quantitative estimate of drug-likeness (QED) is 0.135. The highest BCUT2D eigenvalue weighted by Gasteiger charge is 2.33. The molecule has 0 saturated heterocycles. The van der Waals surface area contributed by atoms with E-state index in [-0.39, 0.29) is 12.6 Å². The first-order chi connectivity index (χ1) is 21.6. The van der Waals surface area contributed by atoms with Crippen LogP contribution in [0.15, 0.2) is 35.6 Å². The maximum atomic E-state index is 14.7. The Hall–Kier alpha value is -3.78. The summed E-state index contributed by atoms with van der Waals surface area (Å²) >= 11 is 2.57. The fourth-order valence-electron chi connectivity index (χ4n) is 4.05. The number of amides is 3. The molecule has 0 saturated carbocycles. The van der Waals surface area contributed by atoms with Crippen LogP contribution in [-0.4, -0.2) is 67.2 Å². The summed E-state index contributed by atoms with van der Waals surface area (Å²) in [6.45, 7) is 18.8. The van der Waals surface area contributed by atoms with Crippen LogP contribution in [0.25, 0.3) is 21.8 Å². The van der Waals surface area contributed by atoms with Crippen molar-refractivity contribution < 1.29 is 33.0 Å². The number of halogens is 1. The van der Waals surface area contributed by atoms with E-state index in [2.05, 4.69) is 15.0 Å². The molecule has 11 nitrogen and oxygen atoms in total. The van der Waals surface area contributed by atoms with E-state index in [4.69, 9.17) is 14.2 Å². The minimum Gasteiger partial charge on any atom is -0.443 e. The van der Waals surface area contributed by atoms with Crippen molar-refractivity contribution in [2.45, 2.75) is 111 Å². The zero-order valence-electron chi connectivity index (χ0n) is 29.1. The molecule has 3 aromatic rings. The summed E-state index contributed by atoms with van der Waals surface area (Å²) in [6, 6.07) is 5.53. The summed E-state index contributed by atoms with van der Waals surface area (Å²) in [6.07, 6.45) is 1.05. The van der Waals surface area contributed by atoms with Crippen LogP contribution in [0, 0.1) is 5.82 Å². The lowest BCUT2D eigenvalue weighted by atomic mass is 10.0. The summed E-state index contributed by atoms with van der Waals surface area (Å²) in [5, 5.41) is 0.856. The molecule has 0 radical (unpaired) electrons. The van der Waals surface area contributed by atoms with Crippen molar-refractivity contribution in [1.82, 2.24) is 19.9 Å². The standard InChI is InChI=1S/C33H44FN5O6S2/c1-19(2)39(30(42)45-33(9,10)11)27-35-17-25(47-27)24-16-23(36-26(37-24)46-12)22-14-13-21(34)15-20(22)18-38(28(40)43-31(3,4)5)29(41)44-32(6,7)8/h13-17,19H,18H2,1-12H3. The Morgan fingerprint density at radius 1 is 0.851 bits per heavy atom. The number of carbonyl (C=O) groups is 3. The molecule has 0 aliphatic heterocycles. The van der Waals surface area contributed by atoms with Crippen LogP contribution < -0.4 is 4.90 Å². The molecule has 0 spiro atoms. The molecule has 0 N–H and O–H groups in total. The number of thiazole rings is 1. The van der Waals surface area contributed by atoms with Gasteiger partial charge in [0.15, 0.2) is 10.3 Å². The average molecular weight is 690 g/mol. The van der Waals surface area contributed by atoms with Crippen molar-refractivity contribution in [1.29, 1.82) is 0 Å². The van der Waals surface area contributed by atoms with Gasteiger partial charge >= 0.3 is 18.3 Å². The lowest BCUT2D eigenvalue weighted by Crippen LogP contribution is -2.43. The Bertz CT molecular complexity index is 1580. The Labute approximate surface area is 284 Å². The molecule has 3 rings (SSSR count). The van der Waals surface area contributed by atoms with Crippen LogP contribution in [0.5, 0.6) is 0 Å². The summed E-state index contributed by atoms with van der Waals surface area (Å²) in [7, 11) is 0. The molecule has 256 valence electrons. The summed E-state index contributed by atoms with van der Waals surface area (Å²) < 4.78 is 31.3. The van der Waals surface area contributed by atoms with E-state index < -0.39 is 40.9 Å². The second-order valence-electron chi connectivity index (χ2n) is 13.9. The van der Waals surface area contributed by atoms with Crippen molar-refractivity contribution in [2.75, 3.05) is 11.2 Å². The van der Waals surface area contributed by atoms with Crippen LogP contribution in [-0.2, 0) is 20.8 Å². The summed E-state index contributed by atoms with van der Waals surface area (Å²) in [4.78, 5) is 56.3. The minimum absolute atomic E-state index is 0.230. The van der Waals surface area contributed by atoms with Gasteiger partial charge in [0.2, 0.25) is 0 Å². The number of nitrogens with zero attached hydrogens (tertiary/aromatic N) is 5. The molecule has 47 heavy (non-hydrogen) atoms. The third-order valence-electron chi connectivity index (χ3n) is 5.85. The minimum atomic E-state index is -0.938. The van der Waals surface area contributed by atoms with Crippen molar-refractivity contribution in [2.24, 2.45) is 0 Å². The maximum absolute atomic E-state index is 14.7. The van der Waals surface area contributed by atoms with Gasteiger partial charge in [0.25, 0.3) is 0 Å². The van der Waals surface area contributed by atoms with Gasteiger partial charge in [-0.1, -0.05) is 23.1 Å². The number of aromatic nitrogens is 3. The molecular formula is C33H44FN5O6S2. The zero-order chi connectivity index (χ0) is 35.5. The van der Waals surface area contributed by atoms with Crippen LogP contribution in [0.2, 0.25) is 0 Å². The number of thioether (sulfide) groups is 1. The SMILES string of the molecule is CSc1nc(-c2cnc(N(C(=O)OC(C)(C)C)C(C)C)s2)cc(-c2ccc(F)cc2CN(C(=O)OC(C)(C)C)C(=O)OC(C)(C)C)n1. The first-order valence-corrected chi connectivity index (χ1v) is 17.0. The molecule has 1 aromatic carbocycles. The van der Waals surface area contributed by atoms with E-state index in [0.717, 1.165) is 4.90 Å². The summed E-state index contributed by atoms with van der Waals surface area (Å²) in [5.41, 5.74) is -0.802. The highest BCUT2D eigenvalue weighted by molar-refractivity contribution is 7.98. The third kappa shape index (κ3) is 10.9. The largest absolute Gasteiger partial charge is 0.443 e. The maximum Gasteiger partial charge on any atom is 0.420 e. The first-order valence-electron chi connectivity index (χ1n) is 15.0. The molecule has 0 unspecified atom stereocenters. The van der Waals surface area contributed by atoms with Gasteiger partial charge in [0.1, 0.15) is 22.6 Å². The third-order valence-corrected chi connectivity index (χ3v) is 7.41. The van der Waals surface area contributed by atoms with Crippen LogP contribution in [0.3, 0.4) is 0 Å². The monoisotopic (exact) mass is 689 g/mol. The fraction of sp³-hybridized carbons (Fsp3) is 0.515. The Kier molecular flexibility index (Phi) is 11.7. The van der Waals surface area contributed by atoms with E-state index in [1.54, 1.807) is 74.6 Å². The molecule has 14 heteroatoms. The Balaban J connectivity index is 2.10. The van der Waals surface area contributed by atoms with Gasteiger partial charge in [-0.2, -0.15) is 0 Å². The highest BCUT2D eigenvalue weighted by atomic mass is 32.2. The van der Waals surface area contributed by atoms with Gasteiger partial charge in [-0.3, -0.25) is 4.90 Å². The summed E-state index contributed by atoms with van der Waals surface area (Å²) in [5.74, 6) is -0.570. The molecule has 0 bridgehead atoms. The van der Waals surface area contributed by atoms with Crippen molar-refractivity contribution >= 4 is 46.5 Å². The van der Waals surface area contributed by atoms with Crippen LogP contribution in [0.1, 0.15) is 81.7 Å². The second-order valence-corrected chi connectivity index (χ2v) is 15.7. The van der Waals surface area contributed by atoms with E-state index in [0.29, 0.717) is 37.7 Å². The number of hydrogen-bond donors (Lipinski definition) is 0. The topological polar surface area (TPSA) is 124 Å². The number of imide groups is 1. The predicted molar refractivity (Wildman–Crippen MR) is 182 cm³/mol. The zero-order valence-corrected chi connectivity index (χ0v) is 30.7. The highest BCUT2D eigenvalue weighted by Crippen LogP contribution is 2.35. The molecule has 0 aliphatic rings. The van der Waals surface area contributed by atoms with Crippen molar-refractivity contribution in [3.05, 3.63) is 41.8 Å². The molecule has 0 atom stereocenters. The number of carbonyl (C=O) groups excluding carboxylic acids is 3. The van der Waals surface area contributed by atoms with Gasteiger partial charge < -0.3 is 14.2 Å². The van der Waals surface area contributed by atoms with Gasteiger partial charge in [-0.15, -0.1) is 0 Å². The van der Waals surface area contributed by atoms with Crippen molar-refractivity contribution in [3.8, 4) is 21.8 Å².